The fraction of sp³-hybridized carbons (Fsp3) is 0. The minimum Gasteiger partial charge on any atom is -0.400 e. The summed E-state index contributed by atoms with van der Waals surface area (Å²) in [4.78, 5) is 10.2. The van der Waals surface area contributed by atoms with E-state index in [2.05, 4.69) is 10.5 Å². The topological polar surface area (TPSA) is 80.7 Å². The summed E-state index contributed by atoms with van der Waals surface area (Å²) >= 11 is 10.9. The van der Waals surface area contributed by atoms with Gasteiger partial charge in [0.1, 0.15) is 9.91 Å². The van der Waals surface area contributed by atoms with Crippen LogP contribution in [0.1, 0.15) is 11.3 Å². The van der Waals surface area contributed by atoms with Gasteiger partial charge < -0.3 is 4.42 Å². The normalized spacial score (nSPS) is 10.7. The monoisotopic (exact) mass is 309 g/mol. The van der Waals surface area contributed by atoms with Gasteiger partial charge in [-0.25, -0.2) is 0 Å². The molecule has 1 aromatic heterocycles. The molecule has 0 bridgehead atoms. The number of nitro groups is 1. The molecule has 1 N–H and O–H groups in total. The van der Waals surface area contributed by atoms with E-state index in [9.17, 15) is 10.1 Å². The molecule has 1 aromatic carbocycles. The molecule has 8 heteroatoms. The Hall–Kier alpha value is -2.25. The van der Waals surface area contributed by atoms with Crippen LogP contribution in [0.3, 0.4) is 0 Å². The molecule has 0 unspecified atom stereocenters. The van der Waals surface area contributed by atoms with Crippen LogP contribution in [0.4, 0.5) is 5.88 Å². The lowest BCUT2D eigenvalue weighted by Gasteiger charge is -2.02. The minimum atomic E-state index is -0.622. The number of nitrogens with one attached hydrogen (secondary N) is 1. The molecular formula is C12H8ClN3O3S. The highest BCUT2D eigenvalue weighted by Crippen LogP contribution is 2.13. The Balaban J connectivity index is 1.97. The summed E-state index contributed by atoms with van der Waals surface area (Å²) in [7, 11) is 0. The van der Waals surface area contributed by atoms with E-state index in [4.69, 9.17) is 28.2 Å². The Morgan fingerprint density at radius 2 is 2.05 bits per heavy atom. The van der Waals surface area contributed by atoms with Crippen molar-refractivity contribution in [3.63, 3.8) is 0 Å². The third-order valence-corrected chi connectivity index (χ3v) is 2.84. The van der Waals surface area contributed by atoms with Gasteiger partial charge in [0.25, 0.3) is 0 Å². The molecule has 0 amide bonds. The molecular weight excluding hydrogens is 302 g/mol. The molecule has 0 fully saturated rings. The van der Waals surface area contributed by atoms with Crippen LogP contribution in [0.15, 0.2) is 45.9 Å². The molecule has 0 aliphatic carbocycles. The Kier molecular flexibility index (Phi) is 4.44. The summed E-state index contributed by atoms with van der Waals surface area (Å²) in [5.74, 6) is -0.0881. The van der Waals surface area contributed by atoms with E-state index < -0.39 is 4.92 Å². The fourth-order valence-corrected chi connectivity index (χ4v) is 1.64. The van der Waals surface area contributed by atoms with E-state index in [-0.39, 0.29) is 11.6 Å². The van der Waals surface area contributed by atoms with E-state index in [1.807, 2.05) is 0 Å². The van der Waals surface area contributed by atoms with E-state index in [1.54, 1.807) is 24.3 Å². The summed E-state index contributed by atoms with van der Waals surface area (Å²) < 4.78 is 4.90. The summed E-state index contributed by atoms with van der Waals surface area (Å²) in [6.07, 6.45) is 1.30. The van der Waals surface area contributed by atoms with Gasteiger partial charge in [0.05, 0.1) is 12.3 Å². The van der Waals surface area contributed by atoms with Crippen molar-refractivity contribution in [3.05, 3.63) is 62.9 Å². The average Bonchev–Trinajstić information content (AvgIpc) is 2.88. The lowest BCUT2D eigenvalue weighted by Crippen LogP contribution is -2.15. The van der Waals surface area contributed by atoms with Gasteiger partial charge in [0.15, 0.2) is 5.76 Å². The second-order valence-electron chi connectivity index (χ2n) is 3.64. The first-order valence-electron chi connectivity index (χ1n) is 5.39. The first-order valence-corrected chi connectivity index (χ1v) is 6.18. The standard InChI is InChI=1S/C12H8ClN3O3S/c13-9-3-1-8(2-4-9)12(20)15-14-7-10-5-6-11(19-10)16(17)18/h1-7H,(H,15,20)/b14-7+. The Labute approximate surface area is 124 Å². The summed E-state index contributed by atoms with van der Waals surface area (Å²) in [6.45, 7) is 0. The van der Waals surface area contributed by atoms with Crippen LogP contribution in [0.5, 0.6) is 0 Å². The van der Waals surface area contributed by atoms with Gasteiger partial charge in [-0.1, -0.05) is 36.0 Å². The lowest BCUT2D eigenvalue weighted by molar-refractivity contribution is -0.402. The summed E-state index contributed by atoms with van der Waals surface area (Å²) in [5.41, 5.74) is 3.39. The molecule has 2 aromatic rings. The highest BCUT2D eigenvalue weighted by Gasteiger charge is 2.10. The van der Waals surface area contributed by atoms with Crippen molar-refractivity contribution in [1.82, 2.24) is 5.43 Å². The lowest BCUT2D eigenvalue weighted by atomic mass is 10.2. The smallest absolute Gasteiger partial charge is 0.400 e. The zero-order valence-corrected chi connectivity index (χ0v) is 11.5. The maximum atomic E-state index is 10.4. The minimum absolute atomic E-state index is 0.253. The number of furan rings is 1. The van der Waals surface area contributed by atoms with Crippen molar-refractivity contribution >= 4 is 40.9 Å². The van der Waals surface area contributed by atoms with Crippen LogP contribution < -0.4 is 5.43 Å². The largest absolute Gasteiger partial charge is 0.433 e. The first kappa shape index (κ1) is 14.2. The van der Waals surface area contributed by atoms with Gasteiger partial charge in [0, 0.05) is 10.6 Å². The van der Waals surface area contributed by atoms with Crippen LogP contribution in [0, 0.1) is 10.1 Å². The highest BCUT2D eigenvalue weighted by molar-refractivity contribution is 7.80. The van der Waals surface area contributed by atoms with Crippen molar-refractivity contribution in [2.75, 3.05) is 0 Å². The predicted molar refractivity (Wildman–Crippen MR) is 79.2 cm³/mol. The molecule has 102 valence electrons. The first-order chi connectivity index (χ1) is 9.56. The molecule has 6 nitrogen and oxygen atoms in total. The fourth-order valence-electron chi connectivity index (χ4n) is 1.33. The predicted octanol–water partition coefficient (Wildman–Crippen LogP) is 3.14. The number of rotatable bonds is 4. The van der Waals surface area contributed by atoms with Gasteiger partial charge in [0.2, 0.25) is 0 Å². The third kappa shape index (κ3) is 3.62. The van der Waals surface area contributed by atoms with E-state index in [0.717, 1.165) is 5.56 Å². The van der Waals surface area contributed by atoms with Gasteiger partial charge >= 0.3 is 5.88 Å². The summed E-state index contributed by atoms with van der Waals surface area (Å²) in [5, 5.41) is 14.9. The number of benzene rings is 1. The number of halogens is 1. The van der Waals surface area contributed by atoms with Crippen LogP contribution >= 0.6 is 23.8 Å². The van der Waals surface area contributed by atoms with Crippen LogP contribution in [-0.2, 0) is 0 Å². The zero-order chi connectivity index (χ0) is 14.5. The van der Waals surface area contributed by atoms with Crippen molar-refractivity contribution < 1.29 is 9.34 Å². The maximum Gasteiger partial charge on any atom is 0.433 e. The molecule has 0 saturated carbocycles. The van der Waals surface area contributed by atoms with Crippen molar-refractivity contribution in [3.8, 4) is 0 Å². The van der Waals surface area contributed by atoms with Gasteiger partial charge in [-0.3, -0.25) is 15.5 Å². The van der Waals surface area contributed by atoms with Crippen molar-refractivity contribution in [2.24, 2.45) is 5.10 Å². The number of hydrazone groups is 1. The molecule has 20 heavy (non-hydrogen) atoms. The van der Waals surface area contributed by atoms with Crippen molar-refractivity contribution in [1.29, 1.82) is 0 Å². The second kappa shape index (κ2) is 6.27. The molecule has 1 heterocycles. The SMILES string of the molecule is O=[N+]([O-])c1ccc(/C=N/NC(=S)c2ccc(Cl)cc2)o1. The Morgan fingerprint density at radius 1 is 1.35 bits per heavy atom. The van der Waals surface area contributed by atoms with Crippen LogP contribution in [0.25, 0.3) is 0 Å². The molecule has 0 aliphatic rings. The molecule has 0 aliphatic heterocycles. The average molecular weight is 310 g/mol. The number of thiocarbonyl (C=S) groups is 1. The highest BCUT2D eigenvalue weighted by atomic mass is 35.5. The summed E-state index contributed by atoms with van der Waals surface area (Å²) in [6, 6.07) is 9.62. The zero-order valence-electron chi connectivity index (χ0n) is 9.95. The molecule has 0 spiro atoms. The van der Waals surface area contributed by atoms with Crippen LogP contribution in [-0.4, -0.2) is 16.1 Å². The quantitative estimate of drug-likeness (QED) is 0.406. The molecule has 0 atom stereocenters. The molecule has 2 rings (SSSR count). The Morgan fingerprint density at radius 3 is 2.65 bits per heavy atom. The third-order valence-electron chi connectivity index (χ3n) is 2.26. The van der Waals surface area contributed by atoms with Gasteiger partial charge in [-0.15, -0.1) is 0 Å². The maximum absolute atomic E-state index is 10.4. The van der Waals surface area contributed by atoms with E-state index in [0.29, 0.717) is 10.0 Å². The van der Waals surface area contributed by atoms with E-state index >= 15 is 0 Å². The number of hydrogen-bond donors (Lipinski definition) is 1. The van der Waals surface area contributed by atoms with Crippen molar-refractivity contribution in [2.45, 2.75) is 0 Å². The molecule has 0 radical (unpaired) electrons. The van der Waals surface area contributed by atoms with Gasteiger partial charge in [-0.2, -0.15) is 5.10 Å². The Bertz CT molecular complexity index is 667. The van der Waals surface area contributed by atoms with E-state index in [1.165, 1.54) is 18.3 Å². The molecule has 0 saturated heterocycles. The van der Waals surface area contributed by atoms with Crippen LogP contribution in [0.2, 0.25) is 5.02 Å². The number of hydrogen-bond acceptors (Lipinski definition) is 5. The number of nitrogens with zero attached hydrogens (tertiary/aromatic N) is 2. The second-order valence-corrected chi connectivity index (χ2v) is 4.48. The van der Waals surface area contributed by atoms with Gasteiger partial charge in [-0.05, 0) is 18.2 Å².